The van der Waals surface area contributed by atoms with Crippen LogP contribution in [0, 0.1) is 0 Å². The van der Waals surface area contributed by atoms with Crippen LogP contribution in [0.15, 0.2) is 12.4 Å². The number of thioether (sulfide) groups is 1. The van der Waals surface area contributed by atoms with Gasteiger partial charge >= 0.3 is 0 Å². The smallest absolute Gasteiger partial charge is 0.254 e. The summed E-state index contributed by atoms with van der Waals surface area (Å²) in [5.41, 5.74) is 0.512. The van der Waals surface area contributed by atoms with Crippen LogP contribution >= 0.6 is 11.8 Å². The van der Waals surface area contributed by atoms with Crippen LogP contribution in [0.3, 0.4) is 0 Å². The fourth-order valence-corrected chi connectivity index (χ4v) is 2.97. The molecule has 0 bridgehead atoms. The van der Waals surface area contributed by atoms with Crippen molar-refractivity contribution in [3.05, 3.63) is 18.0 Å². The zero-order valence-electron chi connectivity index (χ0n) is 14.3. The first kappa shape index (κ1) is 18.0. The fourth-order valence-electron chi connectivity index (χ4n) is 2.55. The first-order valence-electron chi connectivity index (χ1n) is 8.19. The summed E-state index contributed by atoms with van der Waals surface area (Å²) in [4.78, 5) is 25.3. The Morgan fingerprint density at radius 3 is 2.48 bits per heavy atom. The van der Waals surface area contributed by atoms with Gasteiger partial charge in [0.25, 0.3) is 5.91 Å². The van der Waals surface area contributed by atoms with Crippen molar-refractivity contribution in [3.63, 3.8) is 0 Å². The Balaban J connectivity index is 1.83. The first-order valence-corrected chi connectivity index (χ1v) is 9.58. The van der Waals surface area contributed by atoms with Crippen LogP contribution in [0.5, 0.6) is 0 Å². The minimum atomic E-state index is -0.120. The topological polar surface area (TPSA) is 61.4 Å². The average molecular weight is 337 g/mol. The van der Waals surface area contributed by atoms with Crippen molar-refractivity contribution in [1.29, 1.82) is 0 Å². The molecule has 0 radical (unpaired) electrons. The highest BCUT2D eigenvalue weighted by Gasteiger charge is 2.19. The summed E-state index contributed by atoms with van der Waals surface area (Å²) in [5, 5.41) is 2.85. The molecule has 1 fully saturated rings. The van der Waals surface area contributed by atoms with Gasteiger partial charge in [0.15, 0.2) is 0 Å². The second kappa shape index (κ2) is 9.08. The summed E-state index contributed by atoms with van der Waals surface area (Å²) >= 11 is 1.90. The lowest BCUT2D eigenvalue weighted by Gasteiger charge is -2.34. The van der Waals surface area contributed by atoms with Crippen LogP contribution < -0.4 is 10.2 Å². The average Bonchev–Trinajstić information content (AvgIpc) is 2.55. The molecule has 1 aliphatic rings. The summed E-state index contributed by atoms with van der Waals surface area (Å²) in [6, 6.07) is 0.112. The van der Waals surface area contributed by atoms with Crippen molar-refractivity contribution in [1.82, 2.24) is 20.2 Å². The molecule has 0 aromatic carbocycles. The van der Waals surface area contributed by atoms with Gasteiger partial charge in [-0.25, -0.2) is 9.97 Å². The van der Waals surface area contributed by atoms with E-state index in [-0.39, 0.29) is 11.9 Å². The van der Waals surface area contributed by atoms with E-state index < -0.39 is 0 Å². The van der Waals surface area contributed by atoms with Crippen molar-refractivity contribution in [2.75, 3.05) is 49.6 Å². The Kier molecular flexibility index (Phi) is 7.11. The molecule has 23 heavy (non-hydrogen) atoms. The van der Waals surface area contributed by atoms with Crippen LogP contribution in [0.1, 0.15) is 30.6 Å². The van der Waals surface area contributed by atoms with Gasteiger partial charge in [-0.05, 0) is 38.8 Å². The second-order valence-corrected chi connectivity index (χ2v) is 7.06. The Hall–Kier alpha value is -1.34. The standard InChI is InChI=1S/C16H27N5OS/c1-13(2)19-15(22)14-11-17-16(18-12-14)21-8-6-20(7-9-21)5-4-10-23-3/h11-13H,4-10H2,1-3H3,(H,19,22). The van der Waals surface area contributed by atoms with Gasteiger partial charge in [-0.15, -0.1) is 0 Å². The van der Waals surface area contributed by atoms with Gasteiger partial charge in [-0.2, -0.15) is 11.8 Å². The summed E-state index contributed by atoms with van der Waals surface area (Å²) in [7, 11) is 0. The number of carbonyl (C=O) groups is 1. The normalized spacial score (nSPS) is 15.9. The molecule has 7 heteroatoms. The number of rotatable bonds is 7. The summed E-state index contributed by atoms with van der Waals surface area (Å²) in [6.45, 7) is 9.02. The largest absolute Gasteiger partial charge is 0.350 e. The van der Waals surface area contributed by atoms with E-state index >= 15 is 0 Å². The van der Waals surface area contributed by atoms with Crippen molar-refractivity contribution in [3.8, 4) is 0 Å². The van der Waals surface area contributed by atoms with E-state index in [0.717, 1.165) is 32.1 Å². The van der Waals surface area contributed by atoms with Crippen LogP contribution in [-0.4, -0.2) is 71.5 Å². The third-order valence-electron chi connectivity index (χ3n) is 3.80. The molecule has 2 rings (SSSR count). The quantitative estimate of drug-likeness (QED) is 0.761. The molecule has 0 aliphatic carbocycles. The monoisotopic (exact) mass is 337 g/mol. The van der Waals surface area contributed by atoms with Crippen LogP contribution in [0.2, 0.25) is 0 Å². The summed E-state index contributed by atoms with van der Waals surface area (Å²) in [6.07, 6.45) is 6.63. The minimum absolute atomic E-state index is 0.112. The number of hydrogen-bond donors (Lipinski definition) is 1. The maximum atomic E-state index is 11.9. The van der Waals surface area contributed by atoms with E-state index in [9.17, 15) is 4.79 Å². The zero-order valence-corrected chi connectivity index (χ0v) is 15.1. The van der Waals surface area contributed by atoms with Gasteiger partial charge in [-0.3, -0.25) is 9.69 Å². The van der Waals surface area contributed by atoms with Gasteiger partial charge in [0, 0.05) is 44.6 Å². The number of aromatic nitrogens is 2. The van der Waals surface area contributed by atoms with Crippen LogP contribution in [0.25, 0.3) is 0 Å². The van der Waals surface area contributed by atoms with E-state index in [1.165, 1.54) is 18.7 Å². The van der Waals surface area contributed by atoms with E-state index in [2.05, 4.69) is 31.3 Å². The Morgan fingerprint density at radius 1 is 1.26 bits per heavy atom. The maximum Gasteiger partial charge on any atom is 0.254 e. The SMILES string of the molecule is CSCCCN1CCN(c2ncc(C(=O)NC(C)C)cn2)CC1. The number of anilines is 1. The van der Waals surface area contributed by atoms with Gasteiger partial charge in [-0.1, -0.05) is 0 Å². The zero-order chi connectivity index (χ0) is 16.7. The number of nitrogens with one attached hydrogen (secondary N) is 1. The van der Waals surface area contributed by atoms with E-state index in [1.54, 1.807) is 12.4 Å². The van der Waals surface area contributed by atoms with Crippen LogP contribution in [-0.2, 0) is 0 Å². The van der Waals surface area contributed by atoms with Gasteiger partial charge < -0.3 is 10.2 Å². The number of hydrogen-bond acceptors (Lipinski definition) is 6. The molecule has 6 nitrogen and oxygen atoms in total. The molecule has 2 heterocycles. The Bertz CT molecular complexity index is 486. The molecule has 0 spiro atoms. The molecule has 1 saturated heterocycles. The molecular formula is C16H27N5OS. The molecule has 0 saturated carbocycles. The highest BCUT2D eigenvalue weighted by atomic mass is 32.2. The summed E-state index contributed by atoms with van der Waals surface area (Å²) in [5.74, 6) is 1.82. The highest BCUT2D eigenvalue weighted by molar-refractivity contribution is 7.98. The molecule has 1 amide bonds. The van der Waals surface area contributed by atoms with Gasteiger partial charge in [0.1, 0.15) is 0 Å². The predicted octanol–water partition coefficient (Wildman–Crippen LogP) is 1.49. The van der Waals surface area contributed by atoms with E-state index in [1.807, 2.05) is 25.6 Å². The number of amides is 1. The molecule has 1 aromatic rings. The number of piperazine rings is 1. The fraction of sp³-hybridized carbons (Fsp3) is 0.688. The van der Waals surface area contributed by atoms with E-state index in [0.29, 0.717) is 5.56 Å². The van der Waals surface area contributed by atoms with Crippen molar-refractivity contribution < 1.29 is 4.79 Å². The molecule has 128 valence electrons. The third-order valence-corrected chi connectivity index (χ3v) is 4.50. The molecule has 0 unspecified atom stereocenters. The lowest BCUT2D eigenvalue weighted by Crippen LogP contribution is -2.47. The maximum absolute atomic E-state index is 11.9. The number of nitrogens with zero attached hydrogens (tertiary/aromatic N) is 4. The van der Waals surface area contributed by atoms with Crippen molar-refractivity contribution in [2.45, 2.75) is 26.3 Å². The van der Waals surface area contributed by atoms with Gasteiger partial charge in [0.05, 0.1) is 5.56 Å². The minimum Gasteiger partial charge on any atom is -0.350 e. The van der Waals surface area contributed by atoms with Crippen molar-refractivity contribution in [2.24, 2.45) is 0 Å². The highest BCUT2D eigenvalue weighted by Crippen LogP contribution is 2.11. The van der Waals surface area contributed by atoms with Crippen molar-refractivity contribution >= 4 is 23.6 Å². The molecule has 1 aromatic heterocycles. The van der Waals surface area contributed by atoms with Crippen LogP contribution in [0.4, 0.5) is 5.95 Å². The second-order valence-electron chi connectivity index (χ2n) is 6.07. The number of carbonyl (C=O) groups excluding carboxylic acids is 1. The third kappa shape index (κ3) is 5.66. The molecular weight excluding hydrogens is 310 g/mol. The lowest BCUT2D eigenvalue weighted by molar-refractivity contribution is 0.0942. The Labute approximate surface area is 143 Å². The Morgan fingerprint density at radius 2 is 1.91 bits per heavy atom. The molecule has 1 aliphatic heterocycles. The lowest BCUT2D eigenvalue weighted by atomic mass is 10.3. The molecule has 1 N–H and O–H groups in total. The summed E-state index contributed by atoms with van der Waals surface area (Å²) < 4.78 is 0. The van der Waals surface area contributed by atoms with E-state index in [4.69, 9.17) is 0 Å². The predicted molar refractivity (Wildman–Crippen MR) is 96.3 cm³/mol. The first-order chi connectivity index (χ1) is 11.1. The van der Waals surface area contributed by atoms with Gasteiger partial charge in [0.2, 0.25) is 5.95 Å². The molecule has 0 atom stereocenters.